The molecule has 0 bridgehead atoms. The molecule has 1 unspecified atom stereocenters. The minimum Gasteiger partial charge on any atom is -0.471 e. The van der Waals surface area contributed by atoms with Crippen LogP contribution in [0.3, 0.4) is 0 Å². The van der Waals surface area contributed by atoms with Gasteiger partial charge in [-0.3, -0.25) is 0 Å². The molecule has 1 aromatic rings. The second-order valence-electron chi connectivity index (χ2n) is 2.97. The summed E-state index contributed by atoms with van der Waals surface area (Å²) in [6.45, 7) is 0.961. The zero-order chi connectivity index (χ0) is 10.4. The lowest BCUT2D eigenvalue weighted by atomic mass is 10.0. The predicted octanol–water partition coefficient (Wildman–Crippen LogP) is 1.41. The highest BCUT2D eigenvalue weighted by Gasteiger charge is 2.09. The summed E-state index contributed by atoms with van der Waals surface area (Å²) < 4.78 is 5.08. The van der Waals surface area contributed by atoms with Gasteiger partial charge in [0, 0.05) is 12.5 Å². The number of nitrogens with two attached hydrogens (primary N) is 2. The second kappa shape index (κ2) is 7.45. The molecular weight excluding hydrogens is 232 g/mol. The largest absolute Gasteiger partial charge is 0.471 e. The molecule has 1 atom stereocenters. The maximum Gasteiger partial charge on any atom is 0.253 e. The first-order chi connectivity index (χ1) is 6.74. The van der Waals surface area contributed by atoms with Gasteiger partial charge in [0.15, 0.2) is 0 Å². The minimum absolute atomic E-state index is 0. The lowest BCUT2D eigenvalue weighted by Crippen LogP contribution is -2.22. The summed E-state index contributed by atoms with van der Waals surface area (Å²) in [5.41, 5.74) is 12.0. The van der Waals surface area contributed by atoms with E-state index in [1.54, 1.807) is 0 Å². The van der Waals surface area contributed by atoms with Crippen LogP contribution in [0.5, 0.6) is 0 Å². The number of ether oxygens (including phenoxy) is 1. The van der Waals surface area contributed by atoms with Crippen LogP contribution < -0.4 is 11.5 Å². The van der Waals surface area contributed by atoms with Crippen molar-refractivity contribution in [2.24, 2.45) is 11.5 Å². The molecule has 1 aromatic carbocycles. The first kappa shape index (κ1) is 14.2. The smallest absolute Gasteiger partial charge is 0.253 e. The molecule has 0 aromatic heterocycles. The van der Waals surface area contributed by atoms with Crippen LogP contribution in [0.4, 0.5) is 0 Å². The first-order valence-electron chi connectivity index (χ1n) is 4.41. The van der Waals surface area contributed by atoms with Crippen molar-refractivity contribution in [1.29, 1.82) is 0 Å². The molecule has 4 N–H and O–H groups in total. The number of halogens is 1. The van der Waals surface area contributed by atoms with Crippen molar-refractivity contribution in [2.75, 3.05) is 13.2 Å². The fourth-order valence-electron chi connectivity index (χ4n) is 1.21. The summed E-state index contributed by atoms with van der Waals surface area (Å²) in [6.07, 6.45) is 0. The number of benzene rings is 1. The van der Waals surface area contributed by atoms with E-state index in [9.17, 15) is 0 Å². The monoisotopic (exact) mass is 246 g/mol. The summed E-state index contributed by atoms with van der Waals surface area (Å²) in [6, 6.07) is 9.93. The second-order valence-corrected chi connectivity index (χ2v) is 3.38. The van der Waals surface area contributed by atoms with Gasteiger partial charge in [-0.1, -0.05) is 30.3 Å². The van der Waals surface area contributed by atoms with Gasteiger partial charge >= 0.3 is 0 Å². The number of thiocarbonyl (C=S) groups is 1. The Morgan fingerprint density at radius 1 is 1.33 bits per heavy atom. The van der Waals surface area contributed by atoms with Crippen LogP contribution in [0, 0.1) is 0 Å². The third kappa shape index (κ3) is 4.97. The Morgan fingerprint density at radius 2 is 1.93 bits per heavy atom. The lowest BCUT2D eigenvalue weighted by Gasteiger charge is -2.14. The molecule has 3 nitrogen and oxygen atoms in total. The van der Waals surface area contributed by atoms with Gasteiger partial charge in [-0.25, -0.2) is 0 Å². The van der Waals surface area contributed by atoms with Crippen LogP contribution in [0.25, 0.3) is 0 Å². The molecule has 0 amide bonds. The molecule has 0 spiro atoms. The van der Waals surface area contributed by atoms with Gasteiger partial charge in [0.2, 0.25) is 0 Å². The fraction of sp³-hybridized carbons (Fsp3) is 0.300. The van der Waals surface area contributed by atoms with E-state index in [4.69, 9.17) is 16.2 Å². The van der Waals surface area contributed by atoms with Crippen molar-refractivity contribution in [2.45, 2.75) is 5.92 Å². The highest BCUT2D eigenvalue weighted by Crippen LogP contribution is 2.13. The van der Waals surface area contributed by atoms with Crippen LogP contribution in [0.1, 0.15) is 11.5 Å². The Balaban J connectivity index is 0.00000196. The lowest BCUT2D eigenvalue weighted by molar-refractivity contribution is 0.281. The van der Waals surface area contributed by atoms with Crippen molar-refractivity contribution >= 4 is 29.8 Å². The van der Waals surface area contributed by atoms with Crippen molar-refractivity contribution in [3.05, 3.63) is 35.9 Å². The Kier molecular flexibility index (Phi) is 7.03. The summed E-state index contributed by atoms with van der Waals surface area (Å²) in [5.74, 6) is 0.151. The summed E-state index contributed by atoms with van der Waals surface area (Å²) in [4.78, 5) is 0. The summed E-state index contributed by atoms with van der Waals surface area (Å²) in [7, 11) is 0. The Bertz CT molecular complexity index is 295. The Hall–Kier alpha value is -0.840. The SMILES string of the molecule is Cl.NCC(COC(N)=S)c1ccccc1. The molecule has 15 heavy (non-hydrogen) atoms. The van der Waals surface area contributed by atoms with Gasteiger partial charge in [-0.2, -0.15) is 0 Å². The first-order valence-corrected chi connectivity index (χ1v) is 4.82. The van der Waals surface area contributed by atoms with Crippen LogP contribution in [-0.4, -0.2) is 18.3 Å². The molecule has 5 heteroatoms. The molecule has 0 aliphatic rings. The zero-order valence-corrected chi connectivity index (χ0v) is 9.89. The van der Waals surface area contributed by atoms with Crippen molar-refractivity contribution in [1.82, 2.24) is 0 Å². The molecule has 0 radical (unpaired) electrons. The minimum atomic E-state index is 0. The quantitative estimate of drug-likeness (QED) is 0.789. The molecular formula is C10H15ClN2OS. The van der Waals surface area contributed by atoms with E-state index in [0.29, 0.717) is 13.2 Å². The van der Waals surface area contributed by atoms with Gasteiger partial charge in [-0.15, -0.1) is 12.4 Å². The molecule has 0 fully saturated rings. The van der Waals surface area contributed by atoms with Gasteiger partial charge < -0.3 is 16.2 Å². The normalized spacial score (nSPS) is 11.3. The zero-order valence-electron chi connectivity index (χ0n) is 8.26. The van der Waals surface area contributed by atoms with E-state index in [1.165, 1.54) is 0 Å². The average molecular weight is 247 g/mol. The molecule has 0 saturated carbocycles. The van der Waals surface area contributed by atoms with Gasteiger partial charge in [0.25, 0.3) is 5.17 Å². The fourth-order valence-corrected chi connectivity index (χ4v) is 1.28. The van der Waals surface area contributed by atoms with Crippen molar-refractivity contribution < 1.29 is 4.74 Å². The predicted molar refractivity (Wildman–Crippen MR) is 68.2 cm³/mol. The molecule has 0 aliphatic heterocycles. The van der Waals surface area contributed by atoms with Gasteiger partial charge in [0.05, 0.1) is 6.61 Å². The van der Waals surface area contributed by atoms with E-state index in [1.807, 2.05) is 30.3 Å². The van der Waals surface area contributed by atoms with Crippen LogP contribution in [0.2, 0.25) is 0 Å². The molecule has 0 heterocycles. The third-order valence-electron chi connectivity index (χ3n) is 1.98. The Labute approximate surface area is 101 Å². The maximum atomic E-state index is 5.63. The van der Waals surface area contributed by atoms with E-state index < -0.39 is 0 Å². The van der Waals surface area contributed by atoms with Gasteiger partial charge in [-0.05, 0) is 17.8 Å². The standard InChI is InChI=1S/C10H14N2OS.ClH/c11-6-9(7-13-10(12)14)8-4-2-1-3-5-8;/h1-5,9H,6-7,11H2,(H2,12,14);1H. The van der Waals surface area contributed by atoms with Crippen LogP contribution in [-0.2, 0) is 4.74 Å². The molecule has 84 valence electrons. The number of hydrogen-bond donors (Lipinski definition) is 2. The maximum absolute atomic E-state index is 5.63. The number of rotatable bonds is 4. The third-order valence-corrected chi connectivity index (χ3v) is 2.10. The van der Waals surface area contributed by atoms with E-state index in [0.717, 1.165) is 5.56 Å². The molecule has 1 rings (SSSR count). The van der Waals surface area contributed by atoms with Crippen molar-refractivity contribution in [3.8, 4) is 0 Å². The highest BCUT2D eigenvalue weighted by molar-refractivity contribution is 7.80. The van der Waals surface area contributed by atoms with E-state index >= 15 is 0 Å². The molecule has 0 aliphatic carbocycles. The van der Waals surface area contributed by atoms with Gasteiger partial charge in [0.1, 0.15) is 0 Å². The number of hydrogen-bond acceptors (Lipinski definition) is 3. The van der Waals surface area contributed by atoms with Crippen molar-refractivity contribution in [3.63, 3.8) is 0 Å². The van der Waals surface area contributed by atoms with Crippen LogP contribution in [0.15, 0.2) is 30.3 Å². The van der Waals surface area contributed by atoms with E-state index in [-0.39, 0.29) is 23.5 Å². The summed E-state index contributed by atoms with van der Waals surface area (Å²) in [5, 5.41) is 0.0689. The van der Waals surface area contributed by atoms with E-state index in [2.05, 4.69) is 12.2 Å². The van der Waals surface area contributed by atoms with Crippen LogP contribution >= 0.6 is 24.6 Å². The highest BCUT2D eigenvalue weighted by atomic mass is 35.5. The summed E-state index contributed by atoms with van der Waals surface area (Å²) >= 11 is 4.63. The average Bonchev–Trinajstić information content (AvgIpc) is 2.20. The molecule has 0 saturated heterocycles. The topological polar surface area (TPSA) is 61.3 Å². The Morgan fingerprint density at radius 3 is 2.40 bits per heavy atom.